The second-order valence-electron chi connectivity index (χ2n) is 3.68. The Labute approximate surface area is 95.0 Å². The highest BCUT2D eigenvalue weighted by Gasteiger charge is 2.03. The molecule has 3 heteroatoms. The summed E-state index contributed by atoms with van der Waals surface area (Å²) in [4.78, 5) is 1.10. The molecular weight excluding hydrogens is 214 g/mol. The molecule has 0 fully saturated rings. The molecule has 0 radical (unpaired) electrons. The van der Waals surface area contributed by atoms with Gasteiger partial charge in [0.15, 0.2) is 0 Å². The minimum atomic E-state index is 0.652. The largest absolute Gasteiger partial charge is 0.397 e. The lowest BCUT2D eigenvalue weighted by Gasteiger charge is -2.07. The van der Waals surface area contributed by atoms with Gasteiger partial charge in [0.1, 0.15) is 0 Å². The average molecular weight is 230 g/mol. The van der Waals surface area contributed by atoms with Crippen LogP contribution in [0.1, 0.15) is 20.3 Å². The zero-order chi connectivity index (χ0) is 10.6. The van der Waals surface area contributed by atoms with Crippen LogP contribution in [0.3, 0.4) is 0 Å². The van der Waals surface area contributed by atoms with Gasteiger partial charge in [-0.15, -0.1) is 11.8 Å². The first-order valence-electron chi connectivity index (χ1n) is 4.78. The van der Waals surface area contributed by atoms with Gasteiger partial charge in [-0.25, -0.2) is 0 Å². The highest BCUT2D eigenvalue weighted by molar-refractivity contribution is 7.99. The fraction of sp³-hybridized carbons (Fsp3) is 0.455. The van der Waals surface area contributed by atoms with Crippen molar-refractivity contribution in [3.8, 4) is 0 Å². The van der Waals surface area contributed by atoms with E-state index in [0.29, 0.717) is 10.7 Å². The number of para-hydroxylation sites is 1. The molecule has 0 spiro atoms. The topological polar surface area (TPSA) is 26.0 Å². The predicted molar refractivity (Wildman–Crippen MR) is 66.0 cm³/mol. The van der Waals surface area contributed by atoms with E-state index in [1.807, 2.05) is 18.2 Å². The van der Waals surface area contributed by atoms with E-state index in [1.165, 1.54) is 6.42 Å². The maximum atomic E-state index is 5.92. The summed E-state index contributed by atoms with van der Waals surface area (Å²) in [7, 11) is 0. The standard InChI is InChI=1S/C11H16ClNS/c1-8(2)6-7-14-10-5-3-4-9(12)11(10)13/h3-5,8H,6-7,13H2,1-2H3. The summed E-state index contributed by atoms with van der Waals surface area (Å²) in [6.45, 7) is 4.45. The molecule has 0 unspecified atom stereocenters. The highest BCUT2D eigenvalue weighted by Crippen LogP contribution is 2.31. The lowest BCUT2D eigenvalue weighted by Crippen LogP contribution is -1.93. The van der Waals surface area contributed by atoms with Crippen LogP contribution in [0.4, 0.5) is 5.69 Å². The summed E-state index contributed by atoms with van der Waals surface area (Å²) >= 11 is 7.70. The van der Waals surface area contributed by atoms with Crippen LogP contribution in [-0.2, 0) is 0 Å². The van der Waals surface area contributed by atoms with E-state index in [-0.39, 0.29) is 0 Å². The van der Waals surface area contributed by atoms with Crippen LogP contribution >= 0.6 is 23.4 Å². The molecule has 0 heterocycles. The summed E-state index contributed by atoms with van der Waals surface area (Å²) in [5.74, 6) is 1.84. The average Bonchev–Trinajstić information content (AvgIpc) is 2.12. The van der Waals surface area contributed by atoms with E-state index < -0.39 is 0 Å². The van der Waals surface area contributed by atoms with Gasteiger partial charge in [-0.2, -0.15) is 0 Å². The third-order valence-corrected chi connectivity index (χ3v) is 3.40. The summed E-state index contributed by atoms with van der Waals surface area (Å²) < 4.78 is 0. The van der Waals surface area contributed by atoms with Crippen LogP contribution in [0.15, 0.2) is 23.1 Å². The molecule has 0 aliphatic rings. The van der Waals surface area contributed by atoms with Crippen LogP contribution in [0.5, 0.6) is 0 Å². The number of nitrogen functional groups attached to an aromatic ring is 1. The Bertz CT molecular complexity index is 299. The fourth-order valence-electron chi connectivity index (χ4n) is 1.05. The maximum absolute atomic E-state index is 5.92. The van der Waals surface area contributed by atoms with Crippen molar-refractivity contribution in [1.82, 2.24) is 0 Å². The quantitative estimate of drug-likeness (QED) is 0.623. The normalized spacial score (nSPS) is 10.9. The molecule has 0 aliphatic carbocycles. The number of thioether (sulfide) groups is 1. The van der Waals surface area contributed by atoms with Gasteiger partial charge in [-0.3, -0.25) is 0 Å². The molecule has 1 aromatic rings. The van der Waals surface area contributed by atoms with E-state index >= 15 is 0 Å². The number of benzene rings is 1. The molecule has 0 saturated carbocycles. The van der Waals surface area contributed by atoms with Crippen molar-refractivity contribution < 1.29 is 0 Å². The lowest BCUT2D eigenvalue weighted by atomic mass is 10.2. The lowest BCUT2D eigenvalue weighted by molar-refractivity contribution is 0.632. The smallest absolute Gasteiger partial charge is 0.0646 e. The molecule has 0 atom stereocenters. The Balaban J connectivity index is 2.54. The molecule has 1 rings (SSSR count). The van der Waals surface area contributed by atoms with Crippen LogP contribution in [0.2, 0.25) is 5.02 Å². The van der Waals surface area contributed by atoms with Gasteiger partial charge < -0.3 is 5.73 Å². The maximum Gasteiger partial charge on any atom is 0.0646 e. The first-order chi connectivity index (χ1) is 6.61. The Morgan fingerprint density at radius 1 is 1.43 bits per heavy atom. The molecule has 2 N–H and O–H groups in total. The Hall–Kier alpha value is -0.340. The Morgan fingerprint density at radius 2 is 2.14 bits per heavy atom. The number of hydrogen-bond donors (Lipinski definition) is 1. The van der Waals surface area contributed by atoms with E-state index in [9.17, 15) is 0 Å². The fourth-order valence-corrected chi connectivity index (χ4v) is 2.53. The molecule has 0 saturated heterocycles. The summed E-state index contributed by atoms with van der Waals surface area (Å²) in [5, 5.41) is 0.652. The predicted octanol–water partition coefficient (Wildman–Crippen LogP) is 4.06. The minimum Gasteiger partial charge on any atom is -0.397 e. The molecular formula is C11H16ClNS. The van der Waals surface area contributed by atoms with E-state index in [4.69, 9.17) is 17.3 Å². The van der Waals surface area contributed by atoms with Crippen molar-refractivity contribution in [2.24, 2.45) is 5.92 Å². The van der Waals surface area contributed by atoms with Crippen molar-refractivity contribution in [3.05, 3.63) is 23.2 Å². The van der Waals surface area contributed by atoms with Crippen LogP contribution in [0, 0.1) is 5.92 Å². The first-order valence-corrected chi connectivity index (χ1v) is 6.14. The Kier molecular flexibility index (Phi) is 4.63. The monoisotopic (exact) mass is 229 g/mol. The third kappa shape index (κ3) is 3.43. The van der Waals surface area contributed by atoms with E-state index in [2.05, 4.69) is 13.8 Å². The van der Waals surface area contributed by atoms with E-state index in [1.54, 1.807) is 11.8 Å². The zero-order valence-electron chi connectivity index (χ0n) is 8.59. The van der Waals surface area contributed by atoms with Gasteiger partial charge in [0.25, 0.3) is 0 Å². The van der Waals surface area contributed by atoms with Crippen molar-refractivity contribution in [2.45, 2.75) is 25.2 Å². The number of hydrogen-bond acceptors (Lipinski definition) is 2. The zero-order valence-corrected chi connectivity index (χ0v) is 10.2. The van der Waals surface area contributed by atoms with Gasteiger partial charge >= 0.3 is 0 Å². The van der Waals surface area contributed by atoms with Gasteiger partial charge in [0.05, 0.1) is 10.7 Å². The number of nitrogens with two attached hydrogens (primary N) is 1. The van der Waals surface area contributed by atoms with Gasteiger partial charge in [0.2, 0.25) is 0 Å². The summed E-state index contributed by atoms with van der Waals surface area (Å²) in [6, 6.07) is 5.78. The van der Waals surface area contributed by atoms with Crippen molar-refractivity contribution in [3.63, 3.8) is 0 Å². The van der Waals surface area contributed by atoms with Gasteiger partial charge in [-0.05, 0) is 30.2 Å². The Morgan fingerprint density at radius 3 is 2.79 bits per heavy atom. The number of rotatable bonds is 4. The van der Waals surface area contributed by atoms with Crippen molar-refractivity contribution >= 4 is 29.1 Å². The molecule has 1 aromatic carbocycles. The third-order valence-electron chi connectivity index (χ3n) is 1.97. The van der Waals surface area contributed by atoms with E-state index in [0.717, 1.165) is 16.6 Å². The minimum absolute atomic E-state index is 0.652. The van der Waals surface area contributed by atoms with Gasteiger partial charge in [0, 0.05) is 4.90 Å². The van der Waals surface area contributed by atoms with Crippen LogP contribution in [0.25, 0.3) is 0 Å². The first kappa shape index (κ1) is 11.7. The molecule has 0 bridgehead atoms. The molecule has 14 heavy (non-hydrogen) atoms. The summed E-state index contributed by atoms with van der Waals surface area (Å²) in [6.07, 6.45) is 1.20. The summed E-state index contributed by atoms with van der Waals surface area (Å²) in [5.41, 5.74) is 6.56. The number of halogens is 1. The molecule has 0 aliphatic heterocycles. The van der Waals surface area contributed by atoms with Crippen LogP contribution < -0.4 is 5.73 Å². The highest BCUT2D eigenvalue weighted by atomic mass is 35.5. The molecule has 78 valence electrons. The second kappa shape index (κ2) is 5.52. The molecule has 0 amide bonds. The van der Waals surface area contributed by atoms with Crippen molar-refractivity contribution in [1.29, 1.82) is 0 Å². The SMILES string of the molecule is CC(C)CCSc1cccc(Cl)c1N. The van der Waals surface area contributed by atoms with Gasteiger partial charge in [-0.1, -0.05) is 31.5 Å². The number of anilines is 1. The molecule has 1 nitrogen and oxygen atoms in total. The molecule has 0 aromatic heterocycles. The van der Waals surface area contributed by atoms with Crippen LogP contribution in [-0.4, -0.2) is 5.75 Å². The van der Waals surface area contributed by atoms with Crippen molar-refractivity contribution in [2.75, 3.05) is 11.5 Å². The second-order valence-corrected chi connectivity index (χ2v) is 5.23.